The fourth-order valence-electron chi connectivity index (χ4n) is 3.19. The second-order valence-corrected chi connectivity index (χ2v) is 7.25. The molecule has 1 aliphatic rings. The Kier molecular flexibility index (Phi) is 8.86. The van der Waals surface area contributed by atoms with Gasteiger partial charge in [-0.3, -0.25) is 9.78 Å². The lowest BCUT2D eigenvalue weighted by Gasteiger charge is -2.36. The first-order valence-corrected chi connectivity index (χ1v) is 9.91. The van der Waals surface area contributed by atoms with Crippen molar-refractivity contribution in [3.05, 3.63) is 65.4 Å². The first-order chi connectivity index (χ1) is 13.7. The number of rotatable bonds is 5. The number of hydrogen-bond acceptors (Lipinski definition) is 7. The highest BCUT2D eigenvalue weighted by Crippen LogP contribution is 2.27. The summed E-state index contributed by atoms with van der Waals surface area (Å²) in [4.78, 5) is 23.7. The predicted octanol–water partition coefficient (Wildman–Crippen LogP) is 3.92. The molecule has 1 unspecified atom stereocenters. The number of amides is 1. The second-order valence-electron chi connectivity index (χ2n) is 6.40. The summed E-state index contributed by atoms with van der Waals surface area (Å²) in [5.41, 5.74) is 2.37. The summed E-state index contributed by atoms with van der Waals surface area (Å²) in [7, 11) is 1.63. The number of hydrogen-bond donors (Lipinski definition) is 2. The average Bonchev–Trinajstić information content (AvgIpc) is 3.23. The minimum Gasteiger partial charge on any atom is -0.497 e. The van der Waals surface area contributed by atoms with Crippen molar-refractivity contribution >= 4 is 52.9 Å². The van der Waals surface area contributed by atoms with Crippen LogP contribution in [-0.2, 0) is 0 Å². The summed E-state index contributed by atoms with van der Waals surface area (Å²) < 4.78 is 5.17. The Morgan fingerprint density at radius 1 is 1.27 bits per heavy atom. The van der Waals surface area contributed by atoms with Gasteiger partial charge in [-0.2, -0.15) is 0 Å². The summed E-state index contributed by atoms with van der Waals surface area (Å²) >= 11 is 1.41. The van der Waals surface area contributed by atoms with Gasteiger partial charge in [-0.25, -0.2) is 4.98 Å². The number of methoxy groups -OCH3 is 1. The zero-order valence-corrected chi connectivity index (χ0v) is 18.7. The Morgan fingerprint density at radius 2 is 2.07 bits per heavy atom. The van der Waals surface area contributed by atoms with Crippen molar-refractivity contribution in [1.29, 1.82) is 0 Å². The Bertz CT molecular complexity index is 940. The molecule has 1 aliphatic heterocycles. The number of thiazole rings is 1. The monoisotopic (exact) mass is 467 g/mol. The van der Waals surface area contributed by atoms with E-state index in [0.29, 0.717) is 23.9 Å². The van der Waals surface area contributed by atoms with Crippen LogP contribution in [0.4, 0.5) is 10.8 Å². The number of carbonyl (C=O) groups is 1. The van der Waals surface area contributed by atoms with Gasteiger partial charge in [0, 0.05) is 43.1 Å². The zero-order chi connectivity index (χ0) is 19.3. The van der Waals surface area contributed by atoms with Crippen LogP contribution in [0.2, 0.25) is 0 Å². The molecule has 1 atom stereocenters. The number of aromatic nitrogens is 2. The number of halogens is 2. The Morgan fingerprint density at radius 3 is 2.77 bits per heavy atom. The molecule has 0 bridgehead atoms. The maximum Gasteiger partial charge on any atom is 0.274 e. The molecule has 160 valence electrons. The first-order valence-electron chi connectivity index (χ1n) is 9.03. The molecule has 10 heteroatoms. The van der Waals surface area contributed by atoms with Crippen LogP contribution in [0.5, 0.6) is 5.75 Å². The normalized spacial score (nSPS) is 15.5. The molecule has 3 aromatic rings. The molecule has 1 aromatic carbocycles. The van der Waals surface area contributed by atoms with Gasteiger partial charge in [0.25, 0.3) is 5.91 Å². The molecule has 3 heterocycles. The Labute approximate surface area is 191 Å². The number of carbonyl (C=O) groups excluding carboxylic acids is 1. The van der Waals surface area contributed by atoms with Crippen molar-refractivity contribution in [2.24, 2.45) is 0 Å². The number of nitrogens with one attached hydrogen (secondary N) is 2. The van der Waals surface area contributed by atoms with Gasteiger partial charge in [0.15, 0.2) is 5.13 Å². The highest BCUT2D eigenvalue weighted by molar-refractivity contribution is 7.14. The molecule has 0 spiro atoms. The number of anilines is 2. The topological polar surface area (TPSA) is 79.4 Å². The number of nitrogens with zero attached hydrogens (tertiary/aromatic N) is 3. The van der Waals surface area contributed by atoms with Crippen molar-refractivity contribution in [2.45, 2.75) is 6.04 Å². The van der Waals surface area contributed by atoms with Crippen LogP contribution in [-0.4, -0.2) is 47.5 Å². The zero-order valence-electron chi connectivity index (χ0n) is 16.3. The van der Waals surface area contributed by atoms with Crippen LogP contribution in [0.3, 0.4) is 0 Å². The average molecular weight is 468 g/mol. The third-order valence-corrected chi connectivity index (χ3v) is 5.40. The van der Waals surface area contributed by atoms with E-state index in [4.69, 9.17) is 4.74 Å². The van der Waals surface area contributed by atoms with Crippen molar-refractivity contribution in [3.8, 4) is 5.75 Å². The molecule has 1 amide bonds. The Hall–Kier alpha value is -2.39. The number of ether oxygens (including phenoxy) is 1. The minimum atomic E-state index is -0.0608. The lowest BCUT2D eigenvalue weighted by Crippen LogP contribution is -2.48. The van der Waals surface area contributed by atoms with Crippen LogP contribution in [0.15, 0.2) is 54.2 Å². The SMILES string of the molecule is COc1ccc(Nc2nc(C(=O)N3CCNCC3c3cccnc3)cs2)cc1.Cl.Cl. The highest BCUT2D eigenvalue weighted by Gasteiger charge is 2.30. The largest absolute Gasteiger partial charge is 0.497 e. The van der Waals surface area contributed by atoms with Gasteiger partial charge < -0.3 is 20.3 Å². The van der Waals surface area contributed by atoms with E-state index in [1.807, 2.05) is 47.5 Å². The number of piperazine rings is 1. The summed E-state index contributed by atoms with van der Waals surface area (Å²) in [6, 6.07) is 11.4. The van der Waals surface area contributed by atoms with Gasteiger partial charge in [0.05, 0.1) is 13.2 Å². The number of pyridine rings is 1. The van der Waals surface area contributed by atoms with Gasteiger partial charge in [-0.15, -0.1) is 36.2 Å². The van der Waals surface area contributed by atoms with Gasteiger partial charge in [0.2, 0.25) is 0 Å². The van der Waals surface area contributed by atoms with Crippen molar-refractivity contribution in [2.75, 3.05) is 32.1 Å². The van der Waals surface area contributed by atoms with Crippen molar-refractivity contribution in [1.82, 2.24) is 20.2 Å². The quantitative estimate of drug-likeness (QED) is 0.591. The van der Waals surface area contributed by atoms with Gasteiger partial charge in [-0.05, 0) is 35.9 Å². The van der Waals surface area contributed by atoms with E-state index >= 15 is 0 Å². The maximum atomic E-state index is 13.1. The molecule has 0 radical (unpaired) electrons. The van der Waals surface area contributed by atoms with E-state index < -0.39 is 0 Å². The molecule has 2 N–H and O–H groups in total. The standard InChI is InChI=1S/C20H21N5O2S.2ClH/c1-27-16-6-4-15(5-7-16)23-20-24-17(13-28-20)19(26)25-10-9-22-12-18(25)14-3-2-8-21-11-14;;/h2-8,11,13,18,22H,9-10,12H2,1H3,(H,23,24);2*1H. The molecular weight excluding hydrogens is 445 g/mol. The predicted molar refractivity (Wildman–Crippen MR) is 124 cm³/mol. The smallest absolute Gasteiger partial charge is 0.274 e. The van der Waals surface area contributed by atoms with Crippen LogP contribution in [0.1, 0.15) is 22.1 Å². The summed E-state index contributed by atoms with van der Waals surface area (Å²) in [5, 5.41) is 9.07. The lowest BCUT2D eigenvalue weighted by molar-refractivity contribution is 0.0629. The third kappa shape index (κ3) is 5.40. The number of benzene rings is 1. The first kappa shape index (κ1) is 23.9. The van der Waals surface area contributed by atoms with Crippen LogP contribution < -0.4 is 15.4 Å². The molecule has 0 aliphatic carbocycles. The molecule has 4 rings (SSSR count). The lowest BCUT2D eigenvalue weighted by atomic mass is 10.1. The van der Waals surface area contributed by atoms with Crippen LogP contribution >= 0.6 is 36.2 Å². The van der Waals surface area contributed by atoms with Crippen LogP contribution in [0.25, 0.3) is 0 Å². The second kappa shape index (κ2) is 11.1. The van der Waals surface area contributed by atoms with E-state index in [2.05, 4.69) is 20.6 Å². The minimum absolute atomic E-state index is 0. The van der Waals surface area contributed by atoms with Crippen LogP contribution in [0, 0.1) is 0 Å². The highest BCUT2D eigenvalue weighted by atomic mass is 35.5. The van der Waals surface area contributed by atoms with Gasteiger partial charge in [0.1, 0.15) is 11.4 Å². The van der Waals surface area contributed by atoms with E-state index in [-0.39, 0.29) is 36.8 Å². The maximum absolute atomic E-state index is 13.1. The summed E-state index contributed by atoms with van der Waals surface area (Å²) in [6.45, 7) is 2.11. The van der Waals surface area contributed by atoms with Crippen molar-refractivity contribution in [3.63, 3.8) is 0 Å². The van der Waals surface area contributed by atoms with E-state index in [0.717, 1.165) is 23.5 Å². The molecule has 30 heavy (non-hydrogen) atoms. The summed E-state index contributed by atoms with van der Waals surface area (Å²) in [5.74, 6) is 0.732. The molecule has 7 nitrogen and oxygen atoms in total. The van der Waals surface area contributed by atoms with Gasteiger partial charge in [-0.1, -0.05) is 6.07 Å². The molecule has 1 saturated heterocycles. The molecule has 0 saturated carbocycles. The fraction of sp³-hybridized carbons (Fsp3) is 0.250. The molecule has 1 fully saturated rings. The van der Waals surface area contributed by atoms with E-state index in [1.54, 1.807) is 18.7 Å². The Balaban J connectivity index is 0.00000160. The fourth-order valence-corrected chi connectivity index (χ4v) is 3.90. The van der Waals surface area contributed by atoms with Gasteiger partial charge >= 0.3 is 0 Å². The van der Waals surface area contributed by atoms with E-state index in [9.17, 15) is 4.79 Å². The molecule has 2 aromatic heterocycles. The van der Waals surface area contributed by atoms with E-state index in [1.165, 1.54) is 11.3 Å². The van der Waals surface area contributed by atoms with Crippen molar-refractivity contribution < 1.29 is 9.53 Å². The summed E-state index contributed by atoms with van der Waals surface area (Å²) in [6.07, 6.45) is 3.55. The molecular formula is C20H23Cl2N5O2S. The third-order valence-electron chi connectivity index (χ3n) is 4.64.